The first kappa shape index (κ1) is 27.3. The number of benzene rings is 4. The summed E-state index contributed by atoms with van der Waals surface area (Å²) < 4.78 is 15.1. The van der Waals surface area contributed by atoms with Crippen LogP contribution in [-0.2, 0) is 6.61 Å². The molecule has 3 heterocycles. The Morgan fingerprint density at radius 2 is 1.59 bits per heavy atom. The maximum Gasteiger partial charge on any atom is 0.291 e. The Bertz CT molecular complexity index is 2190. The van der Waals surface area contributed by atoms with Gasteiger partial charge in [0.15, 0.2) is 5.82 Å². The minimum absolute atomic E-state index is 0.225. The lowest BCUT2D eigenvalue weighted by molar-refractivity contribution is 0.304. The predicted octanol–water partition coefficient (Wildman–Crippen LogP) is 6.11. The third-order valence-electron chi connectivity index (χ3n) is 7.27. The zero-order valence-electron chi connectivity index (χ0n) is 24.0. The second kappa shape index (κ2) is 11.6. The van der Waals surface area contributed by atoms with Crippen LogP contribution in [0, 0.1) is 6.92 Å². The van der Waals surface area contributed by atoms with Gasteiger partial charge in [-0.3, -0.25) is 4.79 Å². The smallest absolute Gasteiger partial charge is 0.291 e. The SMILES string of the molecule is COc1ccc(-c2nc3sc(=Cc4cn(-c5ccccc5)nc4-c4ccc(OCc5ccccc5)c(C)c4)c(=O)n3n2)cc1. The number of hydrogen-bond donors (Lipinski definition) is 0. The number of thiazole rings is 1. The van der Waals surface area contributed by atoms with Gasteiger partial charge in [0, 0.05) is 22.9 Å². The molecular weight excluding hydrogens is 570 g/mol. The van der Waals surface area contributed by atoms with Crippen molar-refractivity contribution in [1.29, 1.82) is 0 Å². The molecule has 0 N–H and O–H groups in total. The number of methoxy groups -OCH3 is 1. The molecule has 44 heavy (non-hydrogen) atoms. The van der Waals surface area contributed by atoms with E-state index in [0.29, 0.717) is 21.9 Å². The maximum atomic E-state index is 13.5. The highest BCUT2D eigenvalue weighted by Crippen LogP contribution is 2.30. The van der Waals surface area contributed by atoms with E-state index in [9.17, 15) is 4.79 Å². The van der Waals surface area contributed by atoms with Crippen molar-refractivity contribution in [3.63, 3.8) is 0 Å². The fourth-order valence-electron chi connectivity index (χ4n) is 4.96. The van der Waals surface area contributed by atoms with Gasteiger partial charge in [-0.2, -0.15) is 14.6 Å². The van der Waals surface area contributed by atoms with Crippen molar-refractivity contribution in [1.82, 2.24) is 24.4 Å². The Morgan fingerprint density at radius 3 is 2.30 bits per heavy atom. The van der Waals surface area contributed by atoms with Gasteiger partial charge in [0.25, 0.3) is 5.56 Å². The largest absolute Gasteiger partial charge is 0.497 e. The van der Waals surface area contributed by atoms with E-state index in [1.807, 2.05) is 121 Å². The Hall–Kier alpha value is -5.54. The normalized spacial score (nSPS) is 11.7. The predicted molar refractivity (Wildman–Crippen MR) is 172 cm³/mol. The molecule has 0 aliphatic rings. The zero-order chi connectivity index (χ0) is 30.0. The highest BCUT2D eigenvalue weighted by atomic mass is 32.1. The maximum absolute atomic E-state index is 13.5. The van der Waals surface area contributed by atoms with Crippen LogP contribution in [-0.4, -0.2) is 31.5 Å². The second-order valence-electron chi connectivity index (χ2n) is 10.2. The third kappa shape index (κ3) is 5.36. The van der Waals surface area contributed by atoms with Crippen molar-refractivity contribution in [2.45, 2.75) is 13.5 Å². The number of nitrogens with zero attached hydrogens (tertiary/aromatic N) is 5. The molecule has 7 aromatic rings. The van der Waals surface area contributed by atoms with E-state index in [-0.39, 0.29) is 5.56 Å². The number of hydrogen-bond acceptors (Lipinski definition) is 7. The molecule has 0 saturated heterocycles. The molecule has 0 unspecified atom stereocenters. The van der Waals surface area contributed by atoms with Gasteiger partial charge in [-0.1, -0.05) is 59.9 Å². The number of fused-ring (bicyclic) bond motifs is 1. The van der Waals surface area contributed by atoms with Crippen LogP contribution < -0.4 is 19.6 Å². The van der Waals surface area contributed by atoms with Gasteiger partial charge in [0.2, 0.25) is 4.96 Å². The van der Waals surface area contributed by atoms with Crippen LogP contribution in [0.2, 0.25) is 0 Å². The summed E-state index contributed by atoms with van der Waals surface area (Å²) in [5, 5.41) is 9.45. The summed E-state index contributed by atoms with van der Waals surface area (Å²) in [5.41, 5.74) is 6.09. The highest BCUT2D eigenvalue weighted by molar-refractivity contribution is 7.15. The van der Waals surface area contributed by atoms with E-state index >= 15 is 0 Å². The lowest BCUT2D eigenvalue weighted by Crippen LogP contribution is -2.23. The van der Waals surface area contributed by atoms with Crippen LogP contribution in [0.25, 0.3) is 39.4 Å². The third-order valence-corrected chi connectivity index (χ3v) is 8.22. The molecule has 0 radical (unpaired) electrons. The standard InChI is InChI=1S/C35H27N5O3S/c1-23-19-26(15-18-30(23)43-22-24-9-5-3-6-10-24)32-27(21-39(37-32)28-11-7-4-8-12-28)20-31-34(41)40-35(44-31)36-33(38-40)25-13-16-29(42-2)17-14-25/h3-21H,22H2,1-2H3. The Morgan fingerprint density at radius 1 is 0.864 bits per heavy atom. The average molecular weight is 598 g/mol. The molecule has 0 atom stereocenters. The molecule has 0 saturated carbocycles. The van der Waals surface area contributed by atoms with Crippen LogP contribution in [0.5, 0.6) is 11.5 Å². The molecule has 9 heteroatoms. The molecule has 0 amide bonds. The van der Waals surface area contributed by atoms with Gasteiger partial charge in [-0.05, 0) is 78.7 Å². The Labute approximate surface area is 257 Å². The van der Waals surface area contributed by atoms with Crippen LogP contribution in [0.3, 0.4) is 0 Å². The molecule has 7 rings (SSSR count). The van der Waals surface area contributed by atoms with Crippen molar-refractivity contribution in [3.8, 4) is 39.8 Å². The van der Waals surface area contributed by atoms with Gasteiger partial charge < -0.3 is 9.47 Å². The topological polar surface area (TPSA) is 83.5 Å². The van der Waals surface area contributed by atoms with E-state index in [1.165, 1.54) is 15.9 Å². The van der Waals surface area contributed by atoms with E-state index in [2.05, 4.69) is 16.1 Å². The highest BCUT2D eigenvalue weighted by Gasteiger charge is 2.16. The summed E-state index contributed by atoms with van der Waals surface area (Å²) in [6.45, 7) is 2.51. The van der Waals surface area contributed by atoms with Crippen LogP contribution in [0.4, 0.5) is 0 Å². The van der Waals surface area contributed by atoms with Crippen LogP contribution in [0.1, 0.15) is 16.7 Å². The first-order valence-electron chi connectivity index (χ1n) is 14.0. The molecule has 0 fully saturated rings. The molecule has 4 aromatic carbocycles. The van der Waals surface area contributed by atoms with Gasteiger partial charge in [-0.15, -0.1) is 5.10 Å². The van der Waals surface area contributed by atoms with Crippen molar-refractivity contribution in [2.75, 3.05) is 7.11 Å². The molecule has 0 aliphatic heterocycles. The molecular formula is C35H27N5O3S. The van der Waals surface area contributed by atoms with Crippen LogP contribution in [0.15, 0.2) is 114 Å². The molecule has 216 valence electrons. The number of para-hydroxylation sites is 1. The quantitative estimate of drug-likeness (QED) is 0.210. The molecule has 8 nitrogen and oxygen atoms in total. The first-order chi connectivity index (χ1) is 21.6. The number of ether oxygens (including phenoxy) is 2. The van der Waals surface area contributed by atoms with Crippen molar-refractivity contribution in [2.24, 2.45) is 0 Å². The Balaban J connectivity index is 1.26. The monoisotopic (exact) mass is 597 g/mol. The number of aromatic nitrogens is 5. The van der Waals surface area contributed by atoms with Crippen molar-refractivity contribution < 1.29 is 9.47 Å². The molecule has 3 aromatic heterocycles. The summed E-state index contributed by atoms with van der Waals surface area (Å²) >= 11 is 1.30. The minimum atomic E-state index is -0.225. The van der Waals surface area contributed by atoms with Gasteiger partial charge in [0.1, 0.15) is 23.8 Å². The number of aryl methyl sites for hydroxylation is 1. The van der Waals surface area contributed by atoms with E-state index < -0.39 is 0 Å². The summed E-state index contributed by atoms with van der Waals surface area (Å²) in [7, 11) is 1.62. The average Bonchev–Trinajstić information content (AvgIpc) is 3.76. The summed E-state index contributed by atoms with van der Waals surface area (Å²) in [5.74, 6) is 2.04. The van der Waals surface area contributed by atoms with Crippen LogP contribution >= 0.6 is 11.3 Å². The lowest BCUT2D eigenvalue weighted by Gasteiger charge is -2.10. The minimum Gasteiger partial charge on any atom is -0.497 e. The van der Waals surface area contributed by atoms with Gasteiger partial charge >= 0.3 is 0 Å². The van der Waals surface area contributed by atoms with E-state index in [1.54, 1.807) is 7.11 Å². The van der Waals surface area contributed by atoms with E-state index in [4.69, 9.17) is 14.6 Å². The first-order valence-corrected chi connectivity index (χ1v) is 14.9. The lowest BCUT2D eigenvalue weighted by atomic mass is 10.0. The van der Waals surface area contributed by atoms with Crippen molar-refractivity contribution in [3.05, 3.63) is 141 Å². The summed E-state index contributed by atoms with van der Waals surface area (Å²) in [4.78, 5) is 18.6. The molecule has 0 spiro atoms. The zero-order valence-corrected chi connectivity index (χ0v) is 24.9. The summed E-state index contributed by atoms with van der Waals surface area (Å²) in [6.07, 6.45) is 3.81. The van der Waals surface area contributed by atoms with Crippen molar-refractivity contribution >= 4 is 22.4 Å². The van der Waals surface area contributed by atoms with Gasteiger partial charge in [-0.25, -0.2) is 4.68 Å². The van der Waals surface area contributed by atoms with Gasteiger partial charge in [0.05, 0.1) is 17.3 Å². The van der Waals surface area contributed by atoms with E-state index in [0.717, 1.165) is 50.7 Å². The molecule has 0 bridgehead atoms. The fraction of sp³-hybridized carbons (Fsp3) is 0.0857. The summed E-state index contributed by atoms with van der Waals surface area (Å²) in [6, 6.07) is 33.5. The number of rotatable bonds is 8. The fourth-order valence-corrected chi connectivity index (χ4v) is 5.86. The Kier molecular flexibility index (Phi) is 7.21. The second-order valence-corrected chi connectivity index (χ2v) is 11.3. The molecule has 0 aliphatic carbocycles.